The van der Waals surface area contributed by atoms with Crippen molar-refractivity contribution in [1.29, 1.82) is 0 Å². The second-order valence-electron chi connectivity index (χ2n) is 4.70. The highest BCUT2D eigenvalue weighted by atomic mass is 32.1. The van der Waals surface area contributed by atoms with Crippen molar-refractivity contribution in [1.82, 2.24) is 0 Å². The van der Waals surface area contributed by atoms with E-state index in [4.69, 9.17) is 0 Å². The Morgan fingerprint density at radius 2 is 2.11 bits per heavy atom. The largest absolute Gasteiger partial charge is 0.388 e. The van der Waals surface area contributed by atoms with Gasteiger partial charge in [-0.25, -0.2) is 0 Å². The van der Waals surface area contributed by atoms with Gasteiger partial charge in [-0.2, -0.15) is 0 Å². The molecule has 0 bridgehead atoms. The van der Waals surface area contributed by atoms with E-state index in [1.54, 1.807) is 6.92 Å². The molecule has 0 aliphatic carbocycles. The molecule has 1 N–H and O–H groups in total. The predicted molar refractivity (Wildman–Crippen MR) is 74.3 cm³/mol. The fourth-order valence-electron chi connectivity index (χ4n) is 1.75. The second kappa shape index (κ2) is 6.15. The molecule has 0 aliphatic heterocycles. The zero-order valence-corrected chi connectivity index (χ0v) is 12.0. The minimum atomic E-state index is -0.666. The lowest BCUT2D eigenvalue weighted by molar-refractivity contribution is -0.383. The van der Waals surface area contributed by atoms with Crippen molar-refractivity contribution < 1.29 is 10.0 Å². The Kier molecular flexibility index (Phi) is 5.10. The van der Waals surface area contributed by atoms with Gasteiger partial charge >= 0.3 is 5.69 Å². The first-order valence-corrected chi connectivity index (χ1v) is 6.89. The molecule has 0 aromatic carbocycles. The number of hydrogen-bond donors (Lipinski definition) is 1. The van der Waals surface area contributed by atoms with Crippen molar-refractivity contribution in [2.24, 2.45) is 5.92 Å². The van der Waals surface area contributed by atoms with E-state index in [-0.39, 0.29) is 10.6 Å². The summed E-state index contributed by atoms with van der Waals surface area (Å²) in [6.45, 7) is 9.26. The summed E-state index contributed by atoms with van der Waals surface area (Å²) in [5.74, 6) is 0.432. The number of aliphatic hydroxyl groups excluding tert-OH is 1. The molecule has 6 heteroatoms. The van der Waals surface area contributed by atoms with Gasteiger partial charge in [0.1, 0.15) is 0 Å². The van der Waals surface area contributed by atoms with Crippen LogP contribution in [0.2, 0.25) is 0 Å². The third-order valence-corrected chi connectivity index (χ3v) is 3.93. The van der Waals surface area contributed by atoms with E-state index in [9.17, 15) is 15.2 Å². The maximum Gasteiger partial charge on any atom is 0.304 e. The van der Waals surface area contributed by atoms with E-state index in [0.29, 0.717) is 15.8 Å². The van der Waals surface area contributed by atoms with Gasteiger partial charge in [0.05, 0.1) is 11.0 Å². The molecule has 1 atom stereocenters. The summed E-state index contributed by atoms with van der Waals surface area (Å²) in [6, 6.07) is 1.48. The van der Waals surface area contributed by atoms with Gasteiger partial charge in [-0.3, -0.25) is 10.1 Å². The maximum absolute atomic E-state index is 11.1. The minimum absolute atomic E-state index is 0.0957. The summed E-state index contributed by atoms with van der Waals surface area (Å²) in [4.78, 5) is 13.3. The van der Waals surface area contributed by atoms with Crippen molar-refractivity contribution in [3.8, 4) is 0 Å². The van der Waals surface area contributed by atoms with Gasteiger partial charge < -0.3 is 10.0 Å². The molecule has 1 rings (SSSR count). The summed E-state index contributed by atoms with van der Waals surface area (Å²) in [5, 5.41) is 21.3. The zero-order valence-electron chi connectivity index (χ0n) is 11.2. The lowest BCUT2D eigenvalue weighted by Crippen LogP contribution is -2.26. The minimum Gasteiger partial charge on any atom is -0.388 e. The number of aliphatic hydroxyl groups is 1. The lowest BCUT2D eigenvalue weighted by Gasteiger charge is -2.22. The van der Waals surface area contributed by atoms with E-state index < -0.39 is 6.10 Å². The molecule has 0 spiro atoms. The molecule has 0 aliphatic rings. The Labute approximate surface area is 111 Å². The van der Waals surface area contributed by atoms with Crippen molar-refractivity contribution in [3.05, 3.63) is 21.1 Å². The number of thiophene rings is 1. The SMILES string of the molecule is CCN(CC(C)C)c1sc([C@@H](C)O)cc1[N+](=O)[O-]. The molecule has 1 heterocycles. The molecule has 18 heavy (non-hydrogen) atoms. The van der Waals surface area contributed by atoms with E-state index in [0.717, 1.165) is 13.1 Å². The highest BCUT2D eigenvalue weighted by Crippen LogP contribution is 2.40. The Bertz CT molecular complexity index is 415. The van der Waals surface area contributed by atoms with E-state index in [1.807, 2.05) is 11.8 Å². The maximum atomic E-state index is 11.1. The van der Waals surface area contributed by atoms with Crippen LogP contribution in [0.1, 0.15) is 38.7 Å². The molecule has 0 amide bonds. The van der Waals surface area contributed by atoms with Gasteiger partial charge in [-0.15, -0.1) is 11.3 Å². The van der Waals surface area contributed by atoms with Crippen LogP contribution >= 0.6 is 11.3 Å². The number of rotatable bonds is 6. The molecule has 1 aromatic heterocycles. The van der Waals surface area contributed by atoms with Gasteiger partial charge in [-0.1, -0.05) is 13.8 Å². The molecule has 0 saturated carbocycles. The topological polar surface area (TPSA) is 66.6 Å². The smallest absolute Gasteiger partial charge is 0.304 e. The number of nitro groups is 1. The average molecular weight is 272 g/mol. The molecule has 0 saturated heterocycles. The molecular weight excluding hydrogens is 252 g/mol. The zero-order chi connectivity index (χ0) is 13.9. The molecule has 0 fully saturated rings. The van der Waals surface area contributed by atoms with Crippen LogP contribution in [0.25, 0.3) is 0 Å². The number of hydrogen-bond acceptors (Lipinski definition) is 5. The predicted octanol–water partition coefficient (Wildman–Crippen LogP) is 3.19. The highest BCUT2D eigenvalue weighted by Gasteiger charge is 2.25. The first-order valence-electron chi connectivity index (χ1n) is 6.07. The monoisotopic (exact) mass is 272 g/mol. The van der Waals surface area contributed by atoms with Gasteiger partial charge in [0, 0.05) is 24.0 Å². The first-order chi connectivity index (χ1) is 8.36. The fraction of sp³-hybridized carbons (Fsp3) is 0.667. The summed E-state index contributed by atoms with van der Waals surface area (Å²) in [5.41, 5.74) is 0.0957. The Hall–Kier alpha value is -1.14. The van der Waals surface area contributed by atoms with Gasteiger partial charge in [0.2, 0.25) is 0 Å². The molecule has 0 radical (unpaired) electrons. The van der Waals surface area contributed by atoms with Gasteiger partial charge in [-0.05, 0) is 19.8 Å². The van der Waals surface area contributed by atoms with Crippen LogP contribution < -0.4 is 4.90 Å². The first kappa shape index (κ1) is 14.9. The van der Waals surface area contributed by atoms with Crippen molar-refractivity contribution in [2.45, 2.75) is 33.8 Å². The summed E-state index contributed by atoms with van der Waals surface area (Å²) in [6.07, 6.45) is -0.666. The van der Waals surface area contributed by atoms with Crippen molar-refractivity contribution >= 4 is 22.0 Å². The Balaban J connectivity index is 3.14. The molecule has 5 nitrogen and oxygen atoms in total. The average Bonchev–Trinajstić information content (AvgIpc) is 2.70. The third-order valence-electron chi connectivity index (χ3n) is 2.58. The molecule has 1 aromatic rings. The van der Waals surface area contributed by atoms with E-state index in [1.165, 1.54) is 17.4 Å². The van der Waals surface area contributed by atoms with Crippen LogP contribution in [0.15, 0.2) is 6.07 Å². The van der Waals surface area contributed by atoms with Gasteiger partial charge in [0.25, 0.3) is 0 Å². The third kappa shape index (κ3) is 3.43. The molecule has 0 unspecified atom stereocenters. The molecule has 102 valence electrons. The van der Waals surface area contributed by atoms with Crippen LogP contribution in [0.4, 0.5) is 10.7 Å². The standard InChI is InChI=1S/C12H20N2O3S/c1-5-13(7-8(2)3)12-10(14(16)17)6-11(18-12)9(4)15/h6,8-9,15H,5,7H2,1-4H3/t9-/m1/s1. The highest BCUT2D eigenvalue weighted by molar-refractivity contribution is 7.16. The van der Waals surface area contributed by atoms with E-state index in [2.05, 4.69) is 13.8 Å². The van der Waals surface area contributed by atoms with Crippen LogP contribution in [0.3, 0.4) is 0 Å². The van der Waals surface area contributed by atoms with Crippen LogP contribution in [-0.4, -0.2) is 23.1 Å². The summed E-state index contributed by atoms with van der Waals surface area (Å²) in [7, 11) is 0. The number of nitrogens with zero attached hydrogens (tertiary/aromatic N) is 2. The van der Waals surface area contributed by atoms with E-state index >= 15 is 0 Å². The normalized spacial score (nSPS) is 12.8. The van der Waals surface area contributed by atoms with Gasteiger partial charge in [0.15, 0.2) is 5.00 Å². The fourth-order valence-corrected chi connectivity index (χ4v) is 2.88. The Morgan fingerprint density at radius 3 is 2.50 bits per heavy atom. The van der Waals surface area contributed by atoms with Crippen LogP contribution in [0.5, 0.6) is 0 Å². The second-order valence-corrected chi connectivity index (χ2v) is 5.77. The summed E-state index contributed by atoms with van der Waals surface area (Å²) >= 11 is 1.30. The van der Waals surface area contributed by atoms with Crippen molar-refractivity contribution in [3.63, 3.8) is 0 Å². The van der Waals surface area contributed by atoms with Crippen LogP contribution in [-0.2, 0) is 0 Å². The quantitative estimate of drug-likeness (QED) is 0.638. The van der Waals surface area contributed by atoms with Crippen molar-refractivity contribution in [2.75, 3.05) is 18.0 Å². The number of anilines is 1. The summed E-state index contributed by atoms with van der Waals surface area (Å²) < 4.78 is 0. The Morgan fingerprint density at radius 1 is 1.50 bits per heavy atom. The molecular formula is C12H20N2O3S. The van der Waals surface area contributed by atoms with Crippen LogP contribution in [0, 0.1) is 16.0 Å². The lowest BCUT2D eigenvalue weighted by atomic mass is 10.2.